The molecule has 2 heteroatoms. The van der Waals surface area contributed by atoms with E-state index in [9.17, 15) is 0 Å². The summed E-state index contributed by atoms with van der Waals surface area (Å²) in [5, 5.41) is 5.61. The standard InChI is InChI=1S/C48H37NSi/c1-50(2)47-18-9-8-16-45(47)46-33-39(25-32-48(46)50)36-21-28-41(29-22-36)49(40-26-19-35(20-27-40)34-11-4-3-5-12-34)42-30-23-38(24-31-42)44-17-10-14-37-13-6-7-15-43(37)44/h3-33H,1-2H3. The molecule has 1 heterocycles. The van der Waals surface area contributed by atoms with Crippen LogP contribution in [0.3, 0.4) is 0 Å². The molecule has 1 nitrogen and oxygen atoms in total. The van der Waals surface area contributed by atoms with E-state index in [4.69, 9.17) is 0 Å². The second kappa shape index (κ2) is 12.2. The van der Waals surface area contributed by atoms with E-state index >= 15 is 0 Å². The van der Waals surface area contributed by atoms with Gasteiger partial charge < -0.3 is 4.90 Å². The van der Waals surface area contributed by atoms with Gasteiger partial charge in [0.15, 0.2) is 0 Å². The Morgan fingerprint density at radius 3 is 1.52 bits per heavy atom. The van der Waals surface area contributed by atoms with Crippen LogP contribution < -0.4 is 15.3 Å². The molecule has 9 rings (SSSR count). The van der Waals surface area contributed by atoms with Crippen molar-refractivity contribution in [3.8, 4) is 44.5 Å². The number of nitrogens with zero attached hydrogens (tertiary/aromatic N) is 1. The van der Waals surface area contributed by atoms with Gasteiger partial charge in [0.25, 0.3) is 0 Å². The average molecular weight is 656 g/mol. The fourth-order valence-corrected chi connectivity index (χ4v) is 10.9. The van der Waals surface area contributed by atoms with Gasteiger partial charge in [-0.05, 0) is 108 Å². The predicted molar refractivity (Wildman–Crippen MR) is 217 cm³/mol. The summed E-state index contributed by atoms with van der Waals surface area (Å²) in [7, 11) is -1.68. The van der Waals surface area contributed by atoms with E-state index < -0.39 is 8.07 Å². The fraction of sp³-hybridized carbons (Fsp3) is 0.0417. The van der Waals surface area contributed by atoms with Gasteiger partial charge >= 0.3 is 0 Å². The number of fused-ring (bicyclic) bond motifs is 4. The predicted octanol–water partition coefficient (Wildman–Crippen LogP) is 12.1. The minimum atomic E-state index is -1.68. The largest absolute Gasteiger partial charge is 0.311 e. The number of benzene rings is 8. The number of hydrogen-bond acceptors (Lipinski definition) is 1. The van der Waals surface area contributed by atoms with E-state index in [0.717, 1.165) is 17.1 Å². The van der Waals surface area contributed by atoms with Crippen LogP contribution in [0, 0.1) is 0 Å². The van der Waals surface area contributed by atoms with Gasteiger partial charge in [0.05, 0.1) is 0 Å². The Morgan fingerprint density at radius 2 is 0.820 bits per heavy atom. The highest BCUT2D eigenvalue weighted by atomic mass is 28.3. The molecule has 0 aliphatic carbocycles. The molecule has 0 saturated carbocycles. The van der Waals surface area contributed by atoms with Gasteiger partial charge in [0, 0.05) is 17.1 Å². The SMILES string of the molecule is C[Si]1(C)c2ccccc2-c2cc(-c3ccc(N(c4ccc(-c5ccccc5)cc4)c4ccc(-c5cccc6ccccc56)cc4)cc3)ccc21. The zero-order valence-corrected chi connectivity index (χ0v) is 29.3. The number of anilines is 3. The zero-order valence-electron chi connectivity index (χ0n) is 28.3. The molecular weight excluding hydrogens is 619 g/mol. The molecule has 1 aliphatic heterocycles. The summed E-state index contributed by atoms with van der Waals surface area (Å²) < 4.78 is 0. The first kappa shape index (κ1) is 30.1. The van der Waals surface area contributed by atoms with Crippen LogP contribution in [0.15, 0.2) is 188 Å². The lowest BCUT2D eigenvalue weighted by atomic mass is 9.97. The first-order chi connectivity index (χ1) is 24.5. The second-order valence-corrected chi connectivity index (χ2v) is 18.1. The average Bonchev–Trinajstić information content (AvgIpc) is 3.41. The van der Waals surface area contributed by atoms with Crippen LogP contribution in [0.5, 0.6) is 0 Å². The van der Waals surface area contributed by atoms with Gasteiger partial charge in [0.2, 0.25) is 0 Å². The Bertz CT molecular complexity index is 2470. The molecule has 0 spiro atoms. The fourth-order valence-electron chi connectivity index (χ4n) is 7.85. The molecule has 0 saturated heterocycles. The van der Waals surface area contributed by atoms with Crippen molar-refractivity contribution in [2.75, 3.05) is 4.90 Å². The minimum absolute atomic E-state index is 1.12. The van der Waals surface area contributed by atoms with Gasteiger partial charge in [0.1, 0.15) is 8.07 Å². The topological polar surface area (TPSA) is 3.24 Å². The molecule has 0 aromatic heterocycles. The van der Waals surface area contributed by atoms with Crippen LogP contribution >= 0.6 is 0 Å². The van der Waals surface area contributed by atoms with Crippen LogP contribution in [-0.2, 0) is 0 Å². The van der Waals surface area contributed by atoms with Crippen LogP contribution in [0.4, 0.5) is 17.1 Å². The van der Waals surface area contributed by atoms with Crippen molar-refractivity contribution in [1.82, 2.24) is 0 Å². The maximum atomic E-state index is 2.47. The Kier molecular flexibility index (Phi) is 7.33. The number of rotatable bonds is 6. The van der Waals surface area contributed by atoms with Crippen LogP contribution in [0.2, 0.25) is 13.1 Å². The first-order valence-electron chi connectivity index (χ1n) is 17.4. The van der Waals surface area contributed by atoms with E-state index in [1.807, 2.05) is 0 Å². The lowest BCUT2D eigenvalue weighted by Crippen LogP contribution is -2.49. The highest BCUT2D eigenvalue weighted by Crippen LogP contribution is 2.39. The summed E-state index contributed by atoms with van der Waals surface area (Å²) in [4.78, 5) is 2.36. The van der Waals surface area contributed by atoms with Gasteiger partial charge in [-0.3, -0.25) is 0 Å². The van der Waals surface area contributed by atoms with Crippen molar-refractivity contribution in [3.05, 3.63) is 188 Å². The smallest absolute Gasteiger partial charge is 0.113 e. The van der Waals surface area contributed by atoms with Gasteiger partial charge in [-0.15, -0.1) is 0 Å². The maximum absolute atomic E-state index is 2.47. The first-order valence-corrected chi connectivity index (χ1v) is 20.4. The van der Waals surface area contributed by atoms with E-state index in [1.54, 1.807) is 5.19 Å². The third-order valence-corrected chi connectivity index (χ3v) is 14.1. The maximum Gasteiger partial charge on any atom is 0.113 e. The third-order valence-electron chi connectivity index (χ3n) is 10.5. The lowest BCUT2D eigenvalue weighted by Gasteiger charge is -2.26. The molecule has 0 bridgehead atoms. The molecule has 0 amide bonds. The molecule has 50 heavy (non-hydrogen) atoms. The molecule has 0 radical (unpaired) electrons. The molecule has 8 aromatic carbocycles. The zero-order chi connectivity index (χ0) is 33.7. The van der Waals surface area contributed by atoms with Crippen LogP contribution in [-0.4, -0.2) is 8.07 Å². The second-order valence-electron chi connectivity index (χ2n) is 13.8. The van der Waals surface area contributed by atoms with Gasteiger partial charge in [-0.2, -0.15) is 0 Å². The van der Waals surface area contributed by atoms with Crippen LogP contribution in [0.25, 0.3) is 55.3 Å². The molecule has 0 atom stereocenters. The Balaban J connectivity index is 1.10. The van der Waals surface area contributed by atoms with E-state index in [0.29, 0.717) is 0 Å². The Labute approximate surface area is 295 Å². The quantitative estimate of drug-likeness (QED) is 0.161. The van der Waals surface area contributed by atoms with E-state index in [-0.39, 0.29) is 0 Å². The van der Waals surface area contributed by atoms with Crippen molar-refractivity contribution in [2.24, 2.45) is 0 Å². The molecular formula is C48H37NSi. The lowest BCUT2D eigenvalue weighted by molar-refractivity contribution is 1.28. The molecule has 0 unspecified atom stereocenters. The van der Waals surface area contributed by atoms with Crippen molar-refractivity contribution in [2.45, 2.75) is 13.1 Å². The summed E-state index contributed by atoms with van der Waals surface area (Å²) >= 11 is 0. The summed E-state index contributed by atoms with van der Waals surface area (Å²) in [6.45, 7) is 4.95. The summed E-state index contributed by atoms with van der Waals surface area (Å²) in [6, 6.07) is 68.9. The van der Waals surface area contributed by atoms with Crippen molar-refractivity contribution < 1.29 is 0 Å². The Morgan fingerprint density at radius 1 is 0.340 bits per heavy atom. The highest BCUT2D eigenvalue weighted by Gasteiger charge is 2.37. The van der Waals surface area contributed by atoms with Crippen LogP contribution in [0.1, 0.15) is 0 Å². The molecule has 0 N–H and O–H groups in total. The van der Waals surface area contributed by atoms with Gasteiger partial charge in [-0.1, -0.05) is 159 Å². The summed E-state index contributed by atoms with van der Waals surface area (Å²) in [5.74, 6) is 0. The monoisotopic (exact) mass is 655 g/mol. The van der Waals surface area contributed by atoms with E-state index in [2.05, 4.69) is 206 Å². The highest BCUT2D eigenvalue weighted by molar-refractivity contribution is 7.03. The van der Waals surface area contributed by atoms with Crippen molar-refractivity contribution in [3.63, 3.8) is 0 Å². The minimum Gasteiger partial charge on any atom is -0.311 e. The normalized spacial score (nSPS) is 12.8. The summed E-state index contributed by atoms with van der Waals surface area (Å²) in [6.07, 6.45) is 0. The third kappa shape index (κ3) is 5.17. The molecule has 238 valence electrons. The van der Waals surface area contributed by atoms with Gasteiger partial charge in [-0.25, -0.2) is 0 Å². The van der Waals surface area contributed by atoms with Crippen molar-refractivity contribution >= 4 is 46.3 Å². The number of hydrogen-bond donors (Lipinski definition) is 0. The Hall–Kier alpha value is -5.96. The molecule has 0 fully saturated rings. The molecule has 1 aliphatic rings. The van der Waals surface area contributed by atoms with Crippen molar-refractivity contribution in [1.29, 1.82) is 0 Å². The van der Waals surface area contributed by atoms with E-state index in [1.165, 1.54) is 60.5 Å². The summed E-state index contributed by atoms with van der Waals surface area (Å²) in [5.41, 5.74) is 13.6. The molecule has 8 aromatic rings.